The number of likely N-dealkylation sites (tertiary alicyclic amines) is 1. The first-order chi connectivity index (χ1) is 14.8. The number of sulfone groups is 1. The fourth-order valence-corrected chi connectivity index (χ4v) is 5.27. The number of amides is 1. The molecule has 2 saturated heterocycles. The van der Waals surface area contributed by atoms with Gasteiger partial charge >= 0.3 is 0 Å². The van der Waals surface area contributed by atoms with Gasteiger partial charge in [-0.3, -0.25) is 9.48 Å². The summed E-state index contributed by atoms with van der Waals surface area (Å²) in [7, 11) is -3.44. The lowest BCUT2D eigenvalue weighted by Gasteiger charge is -2.32. The minimum absolute atomic E-state index is 0.0144. The normalized spacial score (nSPS) is 18.0. The topological polar surface area (TPSA) is 101 Å². The van der Waals surface area contributed by atoms with Crippen molar-refractivity contribution < 1.29 is 13.2 Å². The van der Waals surface area contributed by atoms with E-state index in [0.29, 0.717) is 43.1 Å². The number of piperidine rings is 1. The second kappa shape index (κ2) is 8.57. The fraction of sp³-hybridized carbons (Fsp3) is 0.619. The summed E-state index contributed by atoms with van der Waals surface area (Å²) in [4.78, 5) is 26.2. The molecule has 0 bridgehead atoms. The second-order valence-electron chi connectivity index (χ2n) is 8.44. The number of rotatable bonds is 5. The van der Waals surface area contributed by atoms with Crippen molar-refractivity contribution in [1.29, 1.82) is 0 Å². The van der Waals surface area contributed by atoms with Crippen molar-refractivity contribution in [3.8, 4) is 0 Å². The molecule has 0 spiro atoms. The van der Waals surface area contributed by atoms with Crippen LogP contribution in [-0.4, -0.2) is 71.4 Å². The molecule has 0 radical (unpaired) electrons. The van der Waals surface area contributed by atoms with Gasteiger partial charge in [0, 0.05) is 51.1 Å². The molecule has 0 N–H and O–H groups in total. The Labute approximate surface area is 183 Å². The van der Waals surface area contributed by atoms with E-state index < -0.39 is 9.84 Å². The zero-order valence-corrected chi connectivity index (χ0v) is 19.2. The zero-order chi connectivity index (χ0) is 22.2. The molecule has 0 saturated carbocycles. The van der Waals surface area contributed by atoms with Crippen molar-refractivity contribution in [1.82, 2.24) is 24.6 Å². The molecule has 0 atom stereocenters. The number of anilines is 1. The summed E-state index contributed by atoms with van der Waals surface area (Å²) in [6.07, 6.45) is 8.01. The molecule has 31 heavy (non-hydrogen) atoms. The molecule has 4 rings (SSSR count). The third kappa shape index (κ3) is 4.44. The van der Waals surface area contributed by atoms with E-state index in [4.69, 9.17) is 4.98 Å². The highest BCUT2D eigenvalue weighted by atomic mass is 32.2. The van der Waals surface area contributed by atoms with Crippen LogP contribution >= 0.6 is 0 Å². The van der Waals surface area contributed by atoms with Crippen molar-refractivity contribution in [2.45, 2.75) is 56.9 Å². The Morgan fingerprint density at radius 1 is 1.16 bits per heavy atom. The monoisotopic (exact) mass is 446 g/mol. The smallest absolute Gasteiger partial charge is 0.257 e. The Morgan fingerprint density at radius 2 is 1.84 bits per heavy atom. The quantitative estimate of drug-likeness (QED) is 0.692. The summed E-state index contributed by atoms with van der Waals surface area (Å²) in [5.41, 5.74) is 1.97. The molecule has 2 fully saturated rings. The maximum absolute atomic E-state index is 13.0. The van der Waals surface area contributed by atoms with Gasteiger partial charge < -0.3 is 9.80 Å². The van der Waals surface area contributed by atoms with E-state index in [1.807, 2.05) is 18.7 Å². The molecular weight excluding hydrogens is 416 g/mol. The maximum atomic E-state index is 13.0. The van der Waals surface area contributed by atoms with Crippen LogP contribution in [0.3, 0.4) is 0 Å². The van der Waals surface area contributed by atoms with Crippen LogP contribution in [0, 0.1) is 6.92 Å². The first kappa shape index (κ1) is 21.7. The van der Waals surface area contributed by atoms with Crippen molar-refractivity contribution in [3.05, 3.63) is 29.3 Å². The molecule has 1 amide bonds. The summed E-state index contributed by atoms with van der Waals surface area (Å²) in [5, 5.41) is 4.37. The van der Waals surface area contributed by atoms with Gasteiger partial charge in [0.15, 0.2) is 9.84 Å². The molecule has 168 valence electrons. The number of nitrogens with zero attached hydrogens (tertiary/aromatic N) is 6. The van der Waals surface area contributed by atoms with Gasteiger partial charge in [0.1, 0.15) is 4.90 Å². The number of carbonyl (C=O) groups excluding carboxylic acids is 1. The van der Waals surface area contributed by atoms with E-state index in [1.54, 1.807) is 10.9 Å². The van der Waals surface area contributed by atoms with Crippen LogP contribution in [0.5, 0.6) is 0 Å². The number of aromatic nitrogens is 4. The molecule has 2 aliphatic heterocycles. The number of carbonyl (C=O) groups is 1. The Morgan fingerprint density at radius 3 is 2.42 bits per heavy atom. The van der Waals surface area contributed by atoms with Crippen LogP contribution in [0.1, 0.15) is 60.3 Å². The van der Waals surface area contributed by atoms with Gasteiger partial charge in [-0.25, -0.2) is 18.4 Å². The van der Waals surface area contributed by atoms with Gasteiger partial charge in [0.05, 0.1) is 23.1 Å². The van der Waals surface area contributed by atoms with Gasteiger partial charge in [-0.1, -0.05) is 0 Å². The molecular formula is C21H30N6O3S. The highest BCUT2D eigenvalue weighted by molar-refractivity contribution is 7.90. The Bertz CT molecular complexity index is 1070. The van der Waals surface area contributed by atoms with Crippen LogP contribution in [0.15, 0.2) is 17.3 Å². The van der Waals surface area contributed by atoms with E-state index in [2.05, 4.69) is 15.0 Å². The third-order valence-corrected chi connectivity index (χ3v) is 7.34. The van der Waals surface area contributed by atoms with Gasteiger partial charge in [-0.2, -0.15) is 5.10 Å². The van der Waals surface area contributed by atoms with Gasteiger partial charge in [0.25, 0.3) is 5.91 Å². The van der Waals surface area contributed by atoms with Crippen molar-refractivity contribution in [3.63, 3.8) is 0 Å². The predicted molar refractivity (Wildman–Crippen MR) is 117 cm³/mol. The molecule has 2 aromatic heterocycles. The Kier molecular flexibility index (Phi) is 6.00. The van der Waals surface area contributed by atoms with E-state index in [0.717, 1.165) is 38.2 Å². The van der Waals surface area contributed by atoms with E-state index in [-0.39, 0.29) is 16.7 Å². The molecule has 9 nitrogen and oxygen atoms in total. The SMILES string of the molecule is CCn1cc(C(=O)N2CCC(c3nc(N4CCCC4)ncc3S(C)(=O)=O)CC2)c(C)n1. The van der Waals surface area contributed by atoms with E-state index in [9.17, 15) is 13.2 Å². The number of aryl methyl sites for hydroxylation is 2. The number of hydrogen-bond donors (Lipinski definition) is 0. The largest absolute Gasteiger partial charge is 0.341 e. The van der Waals surface area contributed by atoms with Crippen LogP contribution < -0.4 is 4.90 Å². The summed E-state index contributed by atoms with van der Waals surface area (Å²) in [6.45, 7) is 7.48. The summed E-state index contributed by atoms with van der Waals surface area (Å²) in [5.74, 6) is 0.582. The number of hydrogen-bond acceptors (Lipinski definition) is 7. The summed E-state index contributed by atoms with van der Waals surface area (Å²) < 4.78 is 26.5. The fourth-order valence-electron chi connectivity index (χ4n) is 4.44. The van der Waals surface area contributed by atoms with Gasteiger partial charge in [-0.05, 0) is 39.5 Å². The minimum atomic E-state index is -3.44. The maximum Gasteiger partial charge on any atom is 0.257 e. The third-order valence-electron chi connectivity index (χ3n) is 6.23. The molecule has 0 unspecified atom stereocenters. The highest BCUT2D eigenvalue weighted by Crippen LogP contribution is 2.33. The Balaban J connectivity index is 1.54. The summed E-state index contributed by atoms with van der Waals surface area (Å²) in [6, 6.07) is 0. The van der Waals surface area contributed by atoms with Crippen LogP contribution in [0.4, 0.5) is 5.95 Å². The van der Waals surface area contributed by atoms with Gasteiger partial charge in [-0.15, -0.1) is 0 Å². The molecule has 10 heteroatoms. The highest BCUT2D eigenvalue weighted by Gasteiger charge is 2.31. The first-order valence-corrected chi connectivity index (χ1v) is 12.8. The van der Waals surface area contributed by atoms with E-state index in [1.165, 1.54) is 12.5 Å². The van der Waals surface area contributed by atoms with Crippen LogP contribution in [-0.2, 0) is 16.4 Å². The van der Waals surface area contributed by atoms with Crippen LogP contribution in [0.2, 0.25) is 0 Å². The van der Waals surface area contributed by atoms with Crippen LogP contribution in [0.25, 0.3) is 0 Å². The summed E-state index contributed by atoms with van der Waals surface area (Å²) >= 11 is 0. The first-order valence-electron chi connectivity index (χ1n) is 10.9. The van der Waals surface area contributed by atoms with Crippen molar-refractivity contribution in [2.24, 2.45) is 0 Å². The van der Waals surface area contributed by atoms with Crippen molar-refractivity contribution in [2.75, 3.05) is 37.3 Å². The molecule has 4 heterocycles. The molecule has 2 aliphatic rings. The lowest BCUT2D eigenvalue weighted by atomic mass is 9.93. The molecule has 2 aromatic rings. The Hall–Kier alpha value is -2.49. The van der Waals surface area contributed by atoms with Crippen molar-refractivity contribution >= 4 is 21.7 Å². The van der Waals surface area contributed by atoms with Gasteiger partial charge in [0.2, 0.25) is 5.95 Å². The average molecular weight is 447 g/mol. The molecule has 0 aliphatic carbocycles. The standard InChI is InChI=1S/C21H30N6O3S/c1-4-27-14-17(15(2)24-27)20(28)25-11-7-16(8-12-25)19-18(31(3,29)30)13-22-21(23-19)26-9-5-6-10-26/h13-14,16H,4-12H2,1-3H3. The average Bonchev–Trinajstić information content (AvgIpc) is 3.42. The lowest BCUT2D eigenvalue weighted by molar-refractivity contribution is 0.0710. The van der Waals surface area contributed by atoms with E-state index >= 15 is 0 Å². The zero-order valence-electron chi connectivity index (χ0n) is 18.4. The lowest BCUT2D eigenvalue weighted by Crippen LogP contribution is -2.38. The molecule has 0 aromatic carbocycles. The minimum Gasteiger partial charge on any atom is -0.341 e. The second-order valence-corrected chi connectivity index (χ2v) is 10.4. The predicted octanol–water partition coefficient (Wildman–Crippen LogP) is 2.02.